The lowest BCUT2D eigenvalue weighted by molar-refractivity contribution is -0.146. The first kappa shape index (κ1) is 35.4. The maximum atomic E-state index is 13.3. The summed E-state index contributed by atoms with van der Waals surface area (Å²) < 4.78 is 0. The number of carbonyl (C=O) groups is 7. The van der Waals surface area contributed by atoms with Gasteiger partial charge in [-0.3, -0.25) is 28.8 Å². The SMILES string of the molecule is C[C@H](NC(=O)[C@@H]1CCCN1C(=O)[C@@H](N)CCC(=O)O)C(=O)N1CCC[C@H]1C(=O)N[C@H](C(=O)N[C@H](C(=O)O)[C@@H](C)O)[C@@H](C)O. The number of aliphatic hydroxyl groups is 2. The molecule has 0 aromatic rings. The number of carboxylic acid groups (broad SMARTS) is 2. The van der Waals surface area contributed by atoms with Crippen molar-refractivity contribution in [2.24, 2.45) is 5.73 Å². The molecule has 0 spiro atoms. The van der Waals surface area contributed by atoms with E-state index in [1.165, 1.54) is 23.6 Å². The number of aliphatic carboxylic acids is 2. The quantitative estimate of drug-likeness (QED) is 0.0946. The second-order valence-electron chi connectivity index (χ2n) is 10.9. The molecule has 43 heavy (non-hydrogen) atoms. The fourth-order valence-corrected chi connectivity index (χ4v) is 5.13. The van der Waals surface area contributed by atoms with Gasteiger partial charge in [0.2, 0.25) is 29.5 Å². The van der Waals surface area contributed by atoms with Crippen LogP contribution in [0.5, 0.6) is 0 Å². The number of carboxylic acids is 2. The molecule has 0 aromatic carbocycles. The average molecular weight is 615 g/mol. The third kappa shape index (κ3) is 9.33. The average Bonchev–Trinajstić information content (AvgIpc) is 3.62. The second-order valence-corrected chi connectivity index (χ2v) is 10.9. The van der Waals surface area contributed by atoms with Crippen LogP contribution in [-0.2, 0) is 33.6 Å². The van der Waals surface area contributed by atoms with Crippen LogP contribution >= 0.6 is 0 Å². The van der Waals surface area contributed by atoms with Crippen LogP contribution in [0.4, 0.5) is 0 Å². The molecular weight excluding hydrogens is 572 g/mol. The van der Waals surface area contributed by atoms with E-state index in [1.807, 2.05) is 0 Å². The highest BCUT2D eigenvalue weighted by Crippen LogP contribution is 2.21. The van der Waals surface area contributed by atoms with Crippen LogP contribution in [0, 0.1) is 0 Å². The lowest BCUT2D eigenvalue weighted by atomic mass is 10.1. The predicted molar refractivity (Wildman–Crippen MR) is 147 cm³/mol. The van der Waals surface area contributed by atoms with Gasteiger partial charge in [-0.05, 0) is 52.9 Å². The molecule has 5 amide bonds. The van der Waals surface area contributed by atoms with Gasteiger partial charge >= 0.3 is 11.9 Å². The number of nitrogens with two attached hydrogens (primary N) is 1. The Labute approximate surface area is 248 Å². The zero-order valence-electron chi connectivity index (χ0n) is 24.4. The van der Waals surface area contributed by atoms with Gasteiger partial charge in [0.25, 0.3) is 0 Å². The number of likely N-dealkylation sites (tertiary alicyclic amines) is 2. The van der Waals surface area contributed by atoms with Crippen molar-refractivity contribution in [2.45, 2.75) is 108 Å². The maximum Gasteiger partial charge on any atom is 0.328 e. The summed E-state index contributed by atoms with van der Waals surface area (Å²) >= 11 is 0. The van der Waals surface area contributed by atoms with E-state index in [1.54, 1.807) is 0 Å². The molecule has 0 aromatic heterocycles. The van der Waals surface area contributed by atoms with Crippen molar-refractivity contribution >= 4 is 41.5 Å². The molecule has 0 saturated carbocycles. The van der Waals surface area contributed by atoms with E-state index in [4.69, 9.17) is 10.8 Å². The minimum Gasteiger partial charge on any atom is -0.481 e. The molecule has 242 valence electrons. The number of nitrogens with zero attached hydrogens (tertiary/aromatic N) is 2. The van der Waals surface area contributed by atoms with Crippen molar-refractivity contribution in [1.29, 1.82) is 0 Å². The van der Waals surface area contributed by atoms with Crippen LogP contribution < -0.4 is 21.7 Å². The van der Waals surface area contributed by atoms with Gasteiger partial charge in [0.1, 0.15) is 24.2 Å². The van der Waals surface area contributed by atoms with Crippen LogP contribution in [0.2, 0.25) is 0 Å². The van der Waals surface area contributed by atoms with Gasteiger partial charge in [0.15, 0.2) is 6.04 Å². The van der Waals surface area contributed by atoms with E-state index in [9.17, 15) is 48.9 Å². The standard InChI is InChI=1S/C26H42N6O11/c1-12(28-21(37)16-6-5-11-32(16)25(41)15(27)8-9-18(35)36)24(40)31-10-4-7-17(31)22(38)29-19(13(2)33)23(39)30-20(14(3)34)26(42)43/h12-17,19-20,33-34H,4-11,27H2,1-3H3,(H,28,37)(H,29,38)(H,30,39)(H,35,36)(H,42,43)/t12-,13+,14+,15-,16-,17-,19-,20-/m0/s1. The Morgan fingerprint density at radius 2 is 1.26 bits per heavy atom. The van der Waals surface area contributed by atoms with Gasteiger partial charge < -0.3 is 51.9 Å². The zero-order chi connectivity index (χ0) is 32.6. The number of rotatable bonds is 14. The Morgan fingerprint density at radius 3 is 1.72 bits per heavy atom. The van der Waals surface area contributed by atoms with Crippen molar-refractivity contribution < 1.29 is 54.0 Å². The Balaban J connectivity index is 2.04. The normalized spacial score (nSPS) is 22.5. The first-order valence-electron chi connectivity index (χ1n) is 14.1. The Hall–Kier alpha value is -3.83. The summed E-state index contributed by atoms with van der Waals surface area (Å²) in [4.78, 5) is 89.5. The molecule has 2 fully saturated rings. The van der Waals surface area contributed by atoms with Gasteiger partial charge in [-0.25, -0.2) is 4.79 Å². The molecular formula is C26H42N6O11. The molecule has 2 rings (SSSR count). The van der Waals surface area contributed by atoms with E-state index < -0.39 is 89.9 Å². The topological polar surface area (TPSA) is 269 Å². The summed E-state index contributed by atoms with van der Waals surface area (Å²) in [5, 5.41) is 44.8. The molecule has 8 atom stereocenters. The predicted octanol–water partition coefficient (Wildman–Crippen LogP) is -3.52. The first-order chi connectivity index (χ1) is 20.1. The Bertz CT molecular complexity index is 1080. The zero-order valence-corrected chi connectivity index (χ0v) is 24.4. The van der Waals surface area contributed by atoms with E-state index in [0.29, 0.717) is 19.3 Å². The van der Waals surface area contributed by atoms with E-state index in [-0.39, 0.29) is 32.4 Å². The smallest absolute Gasteiger partial charge is 0.328 e. The van der Waals surface area contributed by atoms with E-state index >= 15 is 0 Å². The van der Waals surface area contributed by atoms with Gasteiger partial charge in [0.05, 0.1) is 18.2 Å². The third-order valence-corrected chi connectivity index (χ3v) is 7.50. The number of aliphatic hydroxyl groups excluding tert-OH is 2. The number of carbonyl (C=O) groups excluding carboxylic acids is 5. The van der Waals surface area contributed by atoms with Crippen molar-refractivity contribution in [2.75, 3.05) is 13.1 Å². The van der Waals surface area contributed by atoms with E-state index in [2.05, 4.69) is 16.0 Å². The molecule has 2 aliphatic heterocycles. The first-order valence-corrected chi connectivity index (χ1v) is 14.1. The molecule has 2 saturated heterocycles. The molecule has 17 heteroatoms. The van der Waals surface area contributed by atoms with Crippen LogP contribution in [0.15, 0.2) is 0 Å². The lowest BCUT2D eigenvalue weighted by Crippen LogP contribution is -2.61. The minimum absolute atomic E-state index is 0.0927. The molecule has 2 heterocycles. The van der Waals surface area contributed by atoms with Crippen LogP contribution in [0.25, 0.3) is 0 Å². The molecule has 0 radical (unpaired) electrons. The van der Waals surface area contributed by atoms with Crippen molar-refractivity contribution in [3.05, 3.63) is 0 Å². The molecule has 17 nitrogen and oxygen atoms in total. The summed E-state index contributed by atoms with van der Waals surface area (Å²) in [6.07, 6.45) is -1.84. The summed E-state index contributed by atoms with van der Waals surface area (Å²) in [6, 6.07) is -7.43. The van der Waals surface area contributed by atoms with E-state index in [0.717, 1.165) is 6.92 Å². The molecule has 2 aliphatic rings. The highest BCUT2D eigenvalue weighted by molar-refractivity contribution is 5.96. The molecule has 0 unspecified atom stereocenters. The van der Waals surface area contributed by atoms with Gasteiger partial charge in [0, 0.05) is 19.5 Å². The van der Waals surface area contributed by atoms with Crippen LogP contribution in [0.1, 0.15) is 59.3 Å². The summed E-state index contributed by atoms with van der Waals surface area (Å²) in [7, 11) is 0. The fourth-order valence-electron chi connectivity index (χ4n) is 5.13. The minimum atomic E-state index is -1.69. The summed E-state index contributed by atoms with van der Waals surface area (Å²) in [5.74, 6) is -6.22. The largest absolute Gasteiger partial charge is 0.481 e. The van der Waals surface area contributed by atoms with Crippen LogP contribution in [0.3, 0.4) is 0 Å². The fraction of sp³-hybridized carbons (Fsp3) is 0.731. The van der Waals surface area contributed by atoms with Gasteiger partial charge in [-0.1, -0.05) is 0 Å². The number of hydrogen-bond donors (Lipinski definition) is 8. The third-order valence-electron chi connectivity index (χ3n) is 7.50. The van der Waals surface area contributed by atoms with Crippen molar-refractivity contribution in [1.82, 2.24) is 25.8 Å². The van der Waals surface area contributed by atoms with Gasteiger partial charge in [-0.2, -0.15) is 0 Å². The Morgan fingerprint density at radius 1 is 0.767 bits per heavy atom. The van der Waals surface area contributed by atoms with Crippen molar-refractivity contribution in [3.63, 3.8) is 0 Å². The van der Waals surface area contributed by atoms with Crippen molar-refractivity contribution in [3.8, 4) is 0 Å². The maximum absolute atomic E-state index is 13.3. The number of hydrogen-bond acceptors (Lipinski definition) is 10. The Kier molecular flexibility index (Phi) is 12.8. The summed E-state index contributed by atoms with van der Waals surface area (Å²) in [5.41, 5.74) is 5.84. The monoisotopic (exact) mass is 614 g/mol. The molecule has 0 bridgehead atoms. The highest BCUT2D eigenvalue weighted by Gasteiger charge is 2.41. The van der Waals surface area contributed by atoms with Crippen LogP contribution in [-0.4, -0.2) is 133 Å². The highest BCUT2D eigenvalue weighted by atomic mass is 16.4. The summed E-state index contributed by atoms with van der Waals surface area (Å²) in [6.45, 7) is 4.18. The number of amides is 5. The lowest BCUT2D eigenvalue weighted by Gasteiger charge is -2.31. The molecule has 0 aliphatic carbocycles. The molecule has 9 N–H and O–H groups in total. The second kappa shape index (κ2) is 15.6. The van der Waals surface area contributed by atoms with Gasteiger partial charge in [-0.15, -0.1) is 0 Å². The number of nitrogens with one attached hydrogen (secondary N) is 3.